The van der Waals surface area contributed by atoms with Crippen molar-refractivity contribution in [2.45, 2.75) is 19.6 Å². The average molecular weight is 288 g/mol. The lowest BCUT2D eigenvalue weighted by atomic mass is 10.1. The summed E-state index contributed by atoms with van der Waals surface area (Å²) >= 11 is 0. The van der Waals surface area contributed by atoms with Gasteiger partial charge in [0, 0.05) is 25.2 Å². The molecule has 1 unspecified atom stereocenters. The molecule has 112 valence electrons. The second-order valence-electron chi connectivity index (χ2n) is 5.11. The van der Waals surface area contributed by atoms with Gasteiger partial charge in [-0.1, -0.05) is 36.3 Å². The van der Waals surface area contributed by atoms with Crippen LogP contribution in [0.5, 0.6) is 0 Å². The van der Waals surface area contributed by atoms with Crippen LogP contribution in [0.15, 0.2) is 28.8 Å². The van der Waals surface area contributed by atoms with Gasteiger partial charge >= 0.3 is 0 Å². The van der Waals surface area contributed by atoms with Gasteiger partial charge in [-0.25, -0.2) is 0 Å². The van der Waals surface area contributed by atoms with Crippen LogP contribution in [-0.4, -0.2) is 41.3 Å². The van der Waals surface area contributed by atoms with Gasteiger partial charge in [0.2, 0.25) is 5.82 Å². The van der Waals surface area contributed by atoms with Crippen molar-refractivity contribution in [2.24, 2.45) is 5.73 Å². The number of ether oxygens (including phenoxy) is 1. The maximum atomic E-state index is 5.73. The van der Waals surface area contributed by atoms with E-state index >= 15 is 0 Å². The highest BCUT2D eigenvalue weighted by Gasteiger charge is 2.26. The van der Waals surface area contributed by atoms with Crippen molar-refractivity contribution in [2.75, 3.05) is 26.2 Å². The van der Waals surface area contributed by atoms with Crippen LogP contribution in [0, 0.1) is 0 Å². The first-order valence-corrected chi connectivity index (χ1v) is 7.27. The Kier molecular flexibility index (Phi) is 4.28. The summed E-state index contributed by atoms with van der Waals surface area (Å²) in [6, 6.07) is 7.86. The van der Waals surface area contributed by atoms with E-state index in [-0.39, 0.29) is 6.10 Å². The Morgan fingerprint density at radius 3 is 2.86 bits per heavy atom. The molecule has 2 aromatic rings. The fraction of sp³-hybridized carbons (Fsp3) is 0.467. The first-order chi connectivity index (χ1) is 10.3. The summed E-state index contributed by atoms with van der Waals surface area (Å²) in [6.07, 6.45) is -0.136. The zero-order valence-corrected chi connectivity index (χ0v) is 12.2. The molecule has 0 spiro atoms. The Hall–Kier alpha value is -1.76. The summed E-state index contributed by atoms with van der Waals surface area (Å²) in [6.45, 7) is 6.11. The van der Waals surface area contributed by atoms with E-state index in [0.717, 1.165) is 30.8 Å². The molecule has 1 aliphatic heterocycles. The number of nitrogens with zero attached hydrogens (tertiary/aromatic N) is 3. The van der Waals surface area contributed by atoms with Crippen molar-refractivity contribution in [3.63, 3.8) is 0 Å². The van der Waals surface area contributed by atoms with Crippen molar-refractivity contribution < 1.29 is 9.26 Å². The maximum Gasteiger partial charge on any atom is 0.257 e. The van der Waals surface area contributed by atoms with E-state index in [2.05, 4.69) is 22.0 Å². The van der Waals surface area contributed by atoms with Gasteiger partial charge in [-0.2, -0.15) is 4.98 Å². The molecule has 0 saturated carbocycles. The van der Waals surface area contributed by atoms with Gasteiger partial charge in [-0.3, -0.25) is 4.90 Å². The fourth-order valence-electron chi connectivity index (χ4n) is 2.41. The summed E-state index contributed by atoms with van der Waals surface area (Å²) in [5.41, 5.74) is 7.60. The summed E-state index contributed by atoms with van der Waals surface area (Å²) in [5, 5.41) is 4.05. The highest BCUT2D eigenvalue weighted by atomic mass is 16.5. The van der Waals surface area contributed by atoms with Crippen LogP contribution in [0.4, 0.5) is 0 Å². The van der Waals surface area contributed by atoms with E-state index in [0.29, 0.717) is 24.9 Å². The summed E-state index contributed by atoms with van der Waals surface area (Å²) in [4.78, 5) is 6.78. The molecule has 0 bridgehead atoms. The standard InChI is InChI=1S/C15H20N4O2/c1-2-19-7-8-20-13(10-19)15-17-14(18-21-15)12-5-3-11(9-16)4-6-12/h3-6,13H,2,7-10,16H2,1H3. The Bertz CT molecular complexity index is 582. The molecule has 21 heavy (non-hydrogen) atoms. The lowest BCUT2D eigenvalue weighted by molar-refractivity contribution is -0.0431. The van der Waals surface area contributed by atoms with Crippen molar-refractivity contribution in [3.05, 3.63) is 35.7 Å². The van der Waals surface area contributed by atoms with Crippen LogP contribution < -0.4 is 5.73 Å². The van der Waals surface area contributed by atoms with Gasteiger partial charge in [0.15, 0.2) is 0 Å². The van der Waals surface area contributed by atoms with E-state index in [1.54, 1.807) is 0 Å². The van der Waals surface area contributed by atoms with E-state index in [1.165, 1.54) is 0 Å². The predicted molar refractivity (Wildman–Crippen MR) is 78.4 cm³/mol. The monoisotopic (exact) mass is 288 g/mol. The highest BCUT2D eigenvalue weighted by molar-refractivity contribution is 5.54. The summed E-state index contributed by atoms with van der Waals surface area (Å²) in [7, 11) is 0. The third kappa shape index (κ3) is 3.12. The molecule has 1 saturated heterocycles. The third-order valence-electron chi connectivity index (χ3n) is 3.76. The molecule has 2 heterocycles. The van der Waals surface area contributed by atoms with Gasteiger partial charge < -0.3 is 15.0 Å². The van der Waals surface area contributed by atoms with E-state index < -0.39 is 0 Å². The van der Waals surface area contributed by atoms with Crippen LogP contribution in [-0.2, 0) is 11.3 Å². The molecule has 3 rings (SSSR count). The SMILES string of the molecule is CCN1CCOC(c2nc(-c3ccc(CN)cc3)no2)C1. The van der Waals surface area contributed by atoms with Gasteiger partial charge in [0.1, 0.15) is 6.10 Å². The number of aromatic nitrogens is 2. The topological polar surface area (TPSA) is 77.4 Å². The van der Waals surface area contributed by atoms with Crippen LogP contribution >= 0.6 is 0 Å². The number of hydrogen-bond donors (Lipinski definition) is 1. The Labute approximate surface area is 123 Å². The van der Waals surface area contributed by atoms with Crippen molar-refractivity contribution in [1.82, 2.24) is 15.0 Å². The van der Waals surface area contributed by atoms with E-state index in [1.807, 2.05) is 24.3 Å². The third-order valence-corrected chi connectivity index (χ3v) is 3.76. The van der Waals surface area contributed by atoms with Crippen LogP contribution in [0.2, 0.25) is 0 Å². The molecule has 1 aliphatic rings. The fourth-order valence-corrected chi connectivity index (χ4v) is 2.41. The smallest absolute Gasteiger partial charge is 0.257 e. The van der Waals surface area contributed by atoms with Crippen LogP contribution in [0.1, 0.15) is 24.5 Å². The molecule has 1 atom stereocenters. The number of nitrogens with two attached hydrogens (primary N) is 1. The lowest BCUT2D eigenvalue weighted by Crippen LogP contribution is -2.38. The number of morpholine rings is 1. The predicted octanol–water partition coefficient (Wildman–Crippen LogP) is 1.59. The van der Waals surface area contributed by atoms with E-state index in [4.69, 9.17) is 15.0 Å². The van der Waals surface area contributed by atoms with Crippen molar-refractivity contribution in [1.29, 1.82) is 0 Å². The molecular formula is C15H20N4O2. The highest BCUT2D eigenvalue weighted by Crippen LogP contribution is 2.23. The normalized spacial score (nSPS) is 19.8. The molecule has 2 N–H and O–H groups in total. The number of rotatable bonds is 4. The first kappa shape index (κ1) is 14.2. The molecule has 1 aromatic heterocycles. The lowest BCUT2D eigenvalue weighted by Gasteiger charge is -2.29. The largest absolute Gasteiger partial charge is 0.366 e. The second-order valence-corrected chi connectivity index (χ2v) is 5.11. The Balaban J connectivity index is 1.76. The number of likely N-dealkylation sites (N-methyl/N-ethyl adjacent to an activating group) is 1. The average Bonchev–Trinajstić information content (AvgIpc) is 3.05. The summed E-state index contributed by atoms with van der Waals surface area (Å²) < 4.78 is 11.1. The van der Waals surface area contributed by atoms with Crippen molar-refractivity contribution >= 4 is 0 Å². The molecule has 1 fully saturated rings. The molecule has 0 radical (unpaired) electrons. The Morgan fingerprint density at radius 1 is 1.33 bits per heavy atom. The number of benzene rings is 1. The maximum absolute atomic E-state index is 5.73. The molecule has 0 aliphatic carbocycles. The van der Waals surface area contributed by atoms with Gasteiger partial charge in [-0.15, -0.1) is 0 Å². The second kappa shape index (κ2) is 6.34. The first-order valence-electron chi connectivity index (χ1n) is 7.27. The van der Waals surface area contributed by atoms with E-state index in [9.17, 15) is 0 Å². The molecule has 6 nitrogen and oxygen atoms in total. The zero-order chi connectivity index (χ0) is 14.7. The molecule has 6 heteroatoms. The molecular weight excluding hydrogens is 268 g/mol. The molecule has 0 amide bonds. The van der Waals surface area contributed by atoms with Crippen LogP contribution in [0.3, 0.4) is 0 Å². The summed E-state index contributed by atoms with van der Waals surface area (Å²) in [5.74, 6) is 1.14. The molecule has 1 aromatic carbocycles. The minimum Gasteiger partial charge on any atom is -0.366 e. The van der Waals surface area contributed by atoms with Gasteiger partial charge in [0.05, 0.1) is 6.61 Å². The minimum absolute atomic E-state index is 0.136. The Morgan fingerprint density at radius 2 is 2.14 bits per heavy atom. The zero-order valence-electron chi connectivity index (χ0n) is 12.2. The van der Waals surface area contributed by atoms with Gasteiger partial charge in [0.25, 0.3) is 5.89 Å². The quantitative estimate of drug-likeness (QED) is 0.920. The van der Waals surface area contributed by atoms with Gasteiger partial charge in [-0.05, 0) is 12.1 Å². The van der Waals surface area contributed by atoms with Crippen LogP contribution in [0.25, 0.3) is 11.4 Å². The van der Waals surface area contributed by atoms with Crippen molar-refractivity contribution in [3.8, 4) is 11.4 Å². The minimum atomic E-state index is -0.136. The number of hydrogen-bond acceptors (Lipinski definition) is 6.